The molecule has 0 radical (unpaired) electrons. The Morgan fingerprint density at radius 1 is 1.59 bits per heavy atom. The molecule has 5 heteroatoms. The predicted octanol–water partition coefficient (Wildman–Crippen LogP) is 1.93. The Morgan fingerprint density at radius 3 is 3.00 bits per heavy atom. The molecule has 0 aliphatic carbocycles. The van der Waals surface area contributed by atoms with Crippen LogP contribution < -0.4 is 5.32 Å². The second-order valence-electron chi connectivity index (χ2n) is 3.65. The molecule has 0 bridgehead atoms. The second kappa shape index (κ2) is 6.85. The quantitative estimate of drug-likeness (QED) is 0.710. The van der Waals surface area contributed by atoms with Crippen LogP contribution in [0.4, 0.5) is 5.69 Å². The van der Waals surface area contributed by atoms with Gasteiger partial charge in [-0.2, -0.15) is 0 Å². The van der Waals surface area contributed by atoms with E-state index in [0.29, 0.717) is 25.4 Å². The minimum absolute atomic E-state index is 0.201. The highest BCUT2D eigenvalue weighted by Gasteiger charge is 2.10. The zero-order valence-electron chi connectivity index (χ0n) is 10.2. The van der Waals surface area contributed by atoms with Gasteiger partial charge in [-0.3, -0.25) is 4.98 Å². The maximum Gasteiger partial charge on any atom is 0.339 e. The number of rotatable bonds is 7. The van der Waals surface area contributed by atoms with Crippen molar-refractivity contribution in [2.24, 2.45) is 0 Å². The Morgan fingerprint density at radius 2 is 2.35 bits per heavy atom. The number of carbonyl (C=O) groups is 1. The standard InChI is InChI=1S/C12H18N2O3/c1-3-17-6-4-5-13-11-7-9(2)14-8-10(11)12(15)16/h7-8H,3-6H2,1-2H3,(H,13,14)(H,15,16). The summed E-state index contributed by atoms with van der Waals surface area (Å²) in [6, 6.07) is 1.74. The summed E-state index contributed by atoms with van der Waals surface area (Å²) in [5, 5.41) is 12.1. The summed E-state index contributed by atoms with van der Waals surface area (Å²) < 4.78 is 5.20. The van der Waals surface area contributed by atoms with Gasteiger partial charge in [0.1, 0.15) is 5.56 Å². The maximum absolute atomic E-state index is 11.0. The van der Waals surface area contributed by atoms with Crippen LogP contribution >= 0.6 is 0 Å². The van der Waals surface area contributed by atoms with Crippen molar-refractivity contribution in [1.82, 2.24) is 4.98 Å². The number of carboxylic acid groups (broad SMARTS) is 1. The van der Waals surface area contributed by atoms with Gasteiger partial charge in [-0.1, -0.05) is 0 Å². The van der Waals surface area contributed by atoms with E-state index in [2.05, 4.69) is 10.3 Å². The van der Waals surface area contributed by atoms with Crippen molar-refractivity contribution < 1.29 is 14.6 Å². The number of pyridine rings is 1. The fourth-order valence-corrected chi connectivity index (χ4v) is 1.42. The summed E-state index contributed by atoms with van der Waals surface area (Å²) in [7, 11) is 0. The molecule has 0 saturated carbocycles. The Bertz CT molecular complexity index is 380. The summed E-state index contributed by atoms with van der Waals surface area (Å²) >= 11 is 0. The third kappa shape index (κ3) is 4.40. The minimum atomic E-state index is -0.968. The first-order valence-electron chi connectivity index (χ1n) is 5.66. The Labute approximate surface area is 101 Å². The van der Waals surface area contributed by atoms with Gasteiger partial charge >= 0.3 is 5.97 Å². The molecule has 0 aromatic carbocycles. The average Bonchev–Trinajstić information content (AvgIpc) is 2.28. The van der Waals surface area contributed by atoms with Gasteiger partial charge in [0.2, 0.25) is 0 Å². The van der Waals surface area contributed by atoms with Crippen LogP contribution in [0.1, 0.15) is 29.4 Å². The number of aryl methyl sites for hydroxylation is 1. The van der Waals surface area contributed by atoms with Crippen molar-refractivity contribution >= 4 is 11.7 Å². The largest absolute Gasteiger partial charge is 0.478 e. The van der Waals surface area contributed by atoms with Crippen LogP contribution in [-0.4, -0.2) is 35.8 Å². The lowest BCUT2D eigenvalue weighted by Crippen LogP contribution is -2.10. The molecule has 1 aromatic heterocycles. The second-order valence-corrected chi connectivity index (χ2v) is 3.65. The number of aromatic nitrogens is 1. The zero-order valence-corrected chi connectivity index (χ0v) is 10.2. The third-order valence-electron chi connectivity index (χ3n) is 2.26. The summed E-state index contributed by atoms with van der Waals surface area (Å²) in [6.45, 7) is 5.84. The number of anilines is 1. The highest BCUT2D eigenvalue weighted by atomic mass is 16.5. The van der Waals surface area contributed by atoms with Crippen LogP contribution in [0.5, 0.6) is 0 Å². The van der Waals surface area contributed by atoms with Gasteiger partial charge in [0.25, 0.3) is 0 Å². The number of hydrogen-bond donors (Lipinski definition) is 2. The molecule has 0 saturated heterocycles. The van der Waals surface area contributed by atoms with E-state index in [1.54, 1.807) is 6.07 Å². The van der Waals surface area contributed by atoms with Gasteiger partial charge in [-0.25, -0.2) is 4.79 Å². The molecule has 1 aromatic rings. The van der Waals surface area contributed by atoms with Crippen LogP contribution in [-0.2, 0) is 4.74 Å². The maximum atomic E-state index is 11.0. The number of carboxylic acids is 1. The lowest BCUT2D eigenvalue weighted by atomic mass is 10.2. The Hall–Kier alpha value is -1.62. The molecule has 17 heavy (non-hydrogen) atoms. The van der Waals surface area contributed by atoms with Crippen LogP contribution in [0, 0.1) is 6.92 Å². The van der Waals surface area contributed by atoms with E-state index < -0.39 is 5.97 Å². The fourth-order valence-electron chi connectivity index (χ4n) is 1.42. The molecular weight excluding hydrogens is 220 g/mol. The Kier molecular flexibility index (Phi) is 5.42. The van der Waals surface area contributed by atoms with Gasteiger partial charge in [-0.05, 0) is 26.3 Å². The van der Waals surface area contributed by atoms with Crippen molar-refractivity contribution in [2.75, 3.05) is 25.1 Å². The molecule has 0 aliphatic rings. The molecule has 1 heterocycles. The normalized spacial score (nSPS) is 10.2. The van der Waals surface area contributed by atoms with Crippen LogP contribution in [0.3, 0.4) is 0 Å². The van der Waals surface area contributed by atoms with Gasteiger partial charge in [0, 0.05) is 31.6 Å². The van der Waals surface area contributed by atoms with E-state index >= 15 is 0 Å². The Balaban J connectivity index is 2.56. The molecule has 0 amide bonds. The number of nitrogens with one attached hydrogen (secondary N) is 1. The average molecular weight is 238 g/mol. The zero-order chi connectivity index (χ0) is 12.7. The summed E-state index contributed by atoms with van der Waals surface area (Å²) in [6.07, 6.45) is 2.22. The first kappa shape index (κ1) is 13.4. The molecule has 94 valence electrons. The van der Waals surface area contributed by atoms with Crippen molar-refractivity contribution in [1.29, 1.82) is 0 Å². The summed E-state index contributed by atoms with van der Waals surface area (Å²) in [5.74, 6) is -0.968. The first-order valence-corrected chi connectivity index (χ1v) is 5.66. The molecule has 2 N–H and O–H groups in total. The van der Waals surface area contributed by atoms with E-state index in [1.807, 2.05) is 13.8 Å². The van der Waals surface area contributed by atoms with Gasteiger partial charge < -0.3 is 15.2 Å². The van der Waals surface area contributed by atoms with Crippen LogP contribution in [0.15, 0.2) is 12.3 Å². The minimum Gasteiger partial charge on any atom is -0.478 e. The SMILES string of the molecule is CCOCCCNc1cc(C)ncc1C(=O)O. The highest BCUT2D eigenvalue weighted by molar-refractivity contribution is 5.93. The van der Waals surface area contributed by atoms with E-state index in [-0.39, 0.29) is 5.56 Å². The smallest absolute Gasteiger partial charge is 0.339 e. The van der Waals surface area contributed by atoms with Crippen molar-refractivity contribution in [2.45, 2.75) is 20.3 Å². The topological polar surface area (TPSA) is 71.5 Å². The third-order valence-corrected chi connectivity index (χ3v) is 2.26. The molecule has 0 fully saturated rings. The molecular formula is C12H18N2O3. The lowest BCUT2D eigenvalue weighted by molar-refractivity contribution is 0.0697. The van der Waals surface area contributed by atoms with Gasteiger partial charge in [-0.15, -0.1) is 0 Å². The van der Waals surface area contributed by atoms with Crippen LogP contribution in [0.25, 0.3) is 0 Å². The van der Waals surface area contributed by atoms with Gasteiger partial charge in [0.05, 0.1) is 5.69 Å². The van der Waals surface area contributed by atoms with Crippen molar-refractivity contribution in [3.63, 3.8) is 0 Å². The van der Waals surface area contributed by atoms with Crippen LogP contribution in [0.2, 0.25) is 0 Å². The van der Waals surface area contributed by atoms with E-state index in [0.717, 1.165) is 12.1 Å². The summed E-state index contributed by atoms with van der Waals surface area (Å²) in [4.78, 5) is 14.9. The fraction of sp³-hybridized carbons (Fsp3) is 0.500. The monoisotopic (exact) mass is 238 g/mol. The number of hydrogen-bond acceptors (Lipinski definition) is 4. The molecule has 5 nitrogen and oxygen atoms in total. The predicted molar refractivity (Wildman–Crippen MR) is 65.5 cm³/mol. The summed E-state index contributed by atoms with van der Waals surface area (Å²) in [5.41, 5.74) is 1.61. The van der Waals surface area contributed by atoms with Gasteiger partial charge in [0.15, 0.2) is 0 Å². The molecule has 0 aliphatic heterocycles. The number of ether oxygens (including phenoxy) is 1. The number of nitrogens with zero attached hydrogens (tertiary/aromatic N) is 1. The molecule has 0 spiro atoms. The first-order chi connectivity index (χ1) is 8.15. The van der Waals surface area contributed by atoms with E-state index in [4.69, 9.17) is 9.84 Å². The van der Waals surface area contributed by atoms with E-state index in [1.165, 1.54) is 6.20 Å². The number of aromatic carboxylic acids is 1. The molecule has 0 unspecified atom stereocenters. The molecule has 1 rings (SSSR count). The highest BCUT2D eigenvalue weighted by Crippen LogP contribution is 2.15. The molecule has 0 atom stereocenters. The lowest BCUT2D eigenvalue weighted by Gasteiger charge is -2.09. The van der Waals surface area contributed by atoms with Crippen molar-refractivity contribution in [3.05, 3.63) is 23.5 Å². The van der Waals surface area contributed by atoms with E-state index in [9.17, 15) is 4.79 Å². The van der Waals surface area contributed by atoms with Crippen molar-refractivity contribution in [3.8, 4) is 0 Å².